The van der Waals surface area contributed by atoms with Crippen LogP contribution in [0.4, 0.5) is 11.6 Å². The van der Waals surface area contributed by atoms with Gasteiger partial charge in [-0.2, -0.15) is 0 Å². The third kappa shape index (κ3) is 2.71. The van der Waals surface area contributed by atoms with Crippen LogP contribution in [-0.4, -0.2) is 23.6 Å². The lowest BCUT2D eigenvalue weighted by Crippen LogP contribution is -2.25. The molecule has 0 unspecified atom stereocenters. The summed E-state index contributed by atoms with van der Waals surface area (Å²) in [4.78, 5) is 11.5. The molecule has 0 saturated carbocycles. The van der Waals surface area contributed by atoms with Crippen LogP contribution in [0.2, 0.25) is 0 Å². The van der Waals surface area contributed by atoms with E-state index in [4.69, 9.17) is 4.98 Å². The summed E-state index contributed by atoms with van der Waals surface area (Å²) < 4.78 is 0. The lowest BCUT2D eigenvalue weighted by Gasteiger charge is -2.25. The van der Waals surface area contributed by atoms with Gasteiger partial charge in [-0.3, -0.25) is 0 Å². The Balaban J connectivity index is 1.99. The van der Waals surface area contributed by atoms with Crippen molar-refractivity contribution < 1.29 is 0 Å². The quantitative estimate of drug-likeness (QED) is 0.919. The molecule has 4 heteroatoms. The molecule has 21 heavy (non-hydrogen) atoms. The summed E-state index contributed by atoms with van der Waals surface area (Å²) in [5.74, 6) is 2.80. The predicted molar refractivity (Wildman–Crippen MR) is 86.9 cm³/mol. The molecule has 2 aromatic rings. The van der Waals surface area contributed by atoms with Crippen LogP contribution in [0.3, 0.4) is 0 Å². The zero-order valence-corrected chi connectivity index (χ0v) is 13.0. The number of nitrogens with zero attached hydrogens (tertiary/aromatic N) is 3. The van der Waals surface area contributed by atoms with Crippen LogP contribution in [0.1, 0.15) is 28.9 Å². The summed E-state index contributed by atoms with van der Waals surface area (Å²) in [5.41, 5.74) is 4.01. The molecular weight excluding hydrogens is 260 g/mol. The first-order chi connectivity index (χ1) is 10.2. The molecule has 0 atom stereocenters. The average molecular weight is 282 g/mol. The van der Waals surface area contributed by atoms with Gasteiger partial charge in [0, 0.05) is 25.7 Å². The molecule has 1 aromatic heterocycles. The topological polar surface area (TPSA) is 41.1 Å². The van der Waals surface area contributed by atoms with E-state index in [1.54, 1.807) is 0 Å². The van der Waals surface area contributed by atoms with E-state index >= 15 is 0 Å². The minimum absolute atomic E-state index is 0.817. The first kappa shape index (κ1) is 13.9. The molecule has 110 valence electrons. The Morgan fingerprint density at radius 2 is 1.86 bits per heavy atom. The molecule has 2 heterocycles. The number of fused-ring (bicyclic) bond motifs is 1. The Labute approximate surface area is 126 Å². The number of benzene rings is 1. The average Bonchev–Trinajstić information content (AvgIpc) is 2.71. The van der Waals surface area contributed by atoms with E-state index in [9.17, 15) is 0 Å². The van der Waals surface area contributed by atoms with Gasteiger partial charge in [-0.1, -0.05) is 24.3 Å². The van der Waals surface area contributed by atoms with Gasteiger partial charge in [0.2, 0.25) is 0 Å². The molecule has 0 amide bonds. The second kappa shape index (κ2) is 5.72. The summed E-state index contributed by atoms with van der Waals surface area (Å²) >= 11 is 0. The molecule has 0 radical (unpaired) electrons. The second-order valence-corrected chi connectivity index (χ2v) is 5.61. The summed E-state index contributed by atoms with van der Waals surface area (Å²) in [6.45, 7) is 6.01. The highest BCUT2D eigenvalue weighted by Crippen LogP contribution is 2.27. The fourth-order valence-electron chi connectivity index (χ4n) is 3.05. The van der Waals surface area contributed by atoms with Crippen LogP contribution in [-0.2, 0) is 13.0 Å². The molecular formula is C17H22N4. The van der Waals surface area contributed by atoms with Crippen molar-refractivity contribution in [2.45, 2.75) is 33.2 Å². The lowest BCUT2D eigenvalue weighted by atomic mass is 10.0. The number of rotatable bonds is 2. The zero-order chi connectivity index (χ0) is 14.8. The maximum Gasteiger partial charge on any atom is 0.137 e. The first-order valence-corrected chi connectivity index (χ1v) is 7.53. The molecule has 1 aliphatic rings. The summed E-state index contributed by atoms with van der Waals surface area (Å²) in [6, 6.07) is 8.74. The minimum Gasteiger partial charge on any atom is -0.373 e. The third-order valence-electron chi connectivity index (χ3n) is 4.12. The Morgan fingerprint density at radius 1 is 1.10 bits per heavy atom. The van der Waals surface area contributed by atoms with Crippen molar-refractivity contribution in [2.75, 3.05) is 23.8 Å². The van der Waals surface area contributed by atoms with Crippen molar-refractivity contribution in [1.82, 2.24) is 9.97 Å². The molecule has 1 aromatic carbocycles. The van der Waals surface area contributed by atoms with E-state index < -0.39 is 0 Å². The van der Waals surface area contributed by atoms with Gasteiger partial charge in [0.15, 0.2) is 0 Å². The normalized spacial score (nSPS) is 14.5. The molecule has 3 rings (SSSR count). The number of aromatic nitrogens is 2. The maximum atomic E-state index is 4.69. The molecule has 1 aliphatic heterocycles. The Morgan fingerprint density at radius 3 is 2.62 bits per heavy atom. The SMILES string of the molecule is CNc1nc(C)nc(N2CCCc3ccccc3C2)c1C. The lowest BCUT2D eigenvalue weighted by molar-refractivity contribution is 0.746. The molecule has 0 aliphatic carbocycles. The van der Waals surface area contributed by atoms with Crippen molar-refractivity contribution in [3.8, 4) is 0 Å². The number of nitrogens with one attached hydrogen (secondary N) is 1. The van der Waals surface area contributed by atoms with Gasteiger partial charge in [-0.15, -0.1) is 0 Å². The van der Waals surface area contributed by atoms with Gasteiger partial charge >= 0.3 is 0 Å². The zero-order valence-electron chi connectivity index (χ0n) is 13.0. The van der Waals surface area contributed by atoms with Crippen molar-refractivity contribution in [2.24, 2.45) is 0 Å². The van der Waals surface area contributed by atoms with E-state index in [1.807, 2.05) is 14.0 Å². The number of hydrogen-bond donors (Lipinski definition) is 1. The van der Waals surface area contributed by atoms with Gasteiger partial charge in [0.1, 0.15) is 17.5 Å². The summed E-state index contributed by atoms with van der Waals surface area (Å²) in [5, 5.41) is 3.17. The van der Waals surface area contributed by atoms with Crippen LogP contribution in [0.5, 0.6) is 0 Å². The van der Waals surface area contributed by atoms with Crippen molar-refractivity contribution >= 4 is 11.6 Å². The number of hydrogen-bond acceptors (Lipinski definition) is 4. The molecule has 0 spiro atoms. The van der Waals surface area contributed by atoms with Crippen molar-refractivity contribution in [3.63, 3.8) is 0 Å². The first-order valence-electron chi connectivity index (χ1n) is 7.53. The van der Waals surface area contributed by atoms with E-state index in [0.29, 0.717) is 0 Å². The van der Waals surface area contributed by atoms with Crippen LogP contribution < -0.4 is 10.2 Å². The minimum atomic E-state index is 0.817. The smallest absolute Gasteiger partial charge is 0.137 e. The van der Waals surface area contributed by atoms with Gasteiger partial charge in [-0.25, -0.2) is 9.97 Å². The van der Waals surface area contributed by atoms with Crippen molar-refractivity contribution in [1.29, 1.82) is 0 Å². The van der Waals surface area contributed by atoms with E-state index in [1.165, 1.54) is 11.1 Å². The highest BCUT2D eigenvalue weighted by Gasteiger charge is 2.19. The largest absolute Gasteiger partial charge is 0.373 e. The van der Waals surface area contributed by atoms with E-state index in [0.717, 1.165) is 49.0 Å². The van der Waals surface area contributed by atoms with Gasteiger partial charge < -0.3 is 10.2 Å². The van der Waals surface area contributed by atoms with Gasteiger partial charge in [-0.05, 0) is 37.8 Å². The molecule has 1 N–H and O–H groups in total. The Bertz CT molecular complexity index is 651. The highest BCUT2D eigenvalue weighted by atomic mass is 15.2. The van der Waals surface area contributed by atoms with Crippen LogP contribution in [0.25, 0.3) is 0 Å². The van der Waals surface area contributed by atoms with E-state index in [-0.39, 0.29) is 0 Å². The van der Waals surface area contributed by atoms with Crippen LogP contribution in [0.15, 0.2) is 24.3 Å². The second-order valence-electron chi connectivity index (χ2n) is 5.61. The summed E-state index contributed by atoms with van der Waals surface area (Å²) in [7, 11) is 1.91. The van der Waals surface area contributed by atoms with Gasteiger partial charge in [0.25, 0.3) is 0 Å². The fourth-order valence-corrected chi connectivity index (χ4v) is 3.05. The maximum absolute atomic E-state index is 4.69. The standard InChI is InChI=1S/C17H22N4/c1-12-16(18-3)19-13(2)20-17(12)21-10-6-9-14-7-4-5-8-15(14)11-21/h4-5,7-8H,6,9-11H2,1-3H3,(H,18,19,20). The summed E-state index contributed by atoms with van der Waals surface area (Å²) in [6.07, 6.45) is 2.31. The molecule has 0 fully saturated rings. The fraction of sp³-hybridized carbons (Fsp3) is 0.412. The predicted octanol–water partition coefficient (Wildman–Crippen LogP) is 3.09. The monoisotopic (exact) mass is 282 g/mol. The van der Waals surface area contributed by atoms with Crippen LogP contribution >= 0.6 is 0 Å². The number of anilines is 2. The van der Waals surface area contributed by atoms with Gasteiger partial charge in [0.05, 0.1) is 0 Å². The number of aryl methyl sites for hydroxylation is 2. The third-order valence-corrected chi connectivity index (χ3v) is 4.12. The molecule has 4 nitrogen and oxygen atoms in total. The van der Waals surface area contributed by atoms with Crippen molar-refractivity contribution in [3.05, 3.63) is 46.8 Å². The van der Waals surface area contributed by atoms with E-state index in [2.05, 4.69) is 46.4 Å². The van der Waals surface area contributed by atoms with Crippen LogP contribution in [0, 0.1) is 13.8 Å². The molecule has 0 saturated heterocycles. The Hall–Kier alpha value is -2.10. The Kier molecular flexibility index (Phi) is 3.78. The highest BCUT2D eigenvalue weighted by molar-refractivity contribution is 5.59. The molecule has 0 bridgehead atoms.